The number of rotatable bonds is 5. The van der Waals surface area contributed by atoms with Crippen molar-refractivity contribution >= 4 is 5.69 Å². The highest BCUT2D eigenvalue weighted by atomic mass is 19.4. The van der Waals surface area contributed by atoms with Crippen molar-refractivity contribution in [1.29, 1.82) is 0 Å². The Balaban J connectivity index is 2.23. The highest BCUT2D eigenvalue weighted by molar-refractivity contribution is 5.38. The molecule has 0 aliphatic carbocycles. The first-order valence-electron chi connectivity index (χ1n) is 5.19. The van der Waals surface area contributed by atoms with E-state index in [1.165, 1.54) is 0 Å². The fourth-order valence-corrected chi connectivity index (χ4v) is 1.46. The quantitative estimate of drug-likeness (QED) is 0.850. The SMILES string of the molecule is CC(CCCC(F)(F)F)Nc1cnn(C)c1. The molecular formula is C10H16F3N3. The Bertz CT molecular complexity index is 319. The summed E-state index contributed by atoms with van der Waals surface area (Å²) in [5.41, 5.74) is 0.835. The molecular weight excluding hydrogens is 219 g/mol. The van der Waals surface area contributed by atoms with Crippen molar-refractivity contribution in [2.24, 2.45) is 7.05 Å². The third-order valence-electron chi connectivity index (χ3n) is 2.22. The summed E-state index contributed by atoms with van der Waals surface area (Å²) in [4.78, 5) is 0. The van der Waals surface area contributed by atoms with Gasteiger partial charge in [-0.25, -0.2) is 0 Å². The molecule has 1 rings (SSSR count). The first kappa shape index (κ1) is 12.9. The number of aryl methyl sites for hydroxylation is 1. The normalized spacial score (nSPS) is 13.8. The van der Waals surface area contributed by atoms with E-state index in [1.54, 1.807) is 24.1 Å². The summed E-state index contributed by atoms with van der Waals surface area (Å²) < 4.78 is 37.4. The Hall–Kier alpha value is -1.20. The number of nitrogens with one attached hydrogen (secondary N) is 1. The summed E-state index contributed by atoms with van der Waals surface area (Å²) in [6, 6.07) is 0.0200. The van der Waals surface area contributed by atoms with Gasteiger partial charge in [0.05, 0.1) is 11.9 Å². The van der Waals surface area contributed by atoms with E-state index in [9.17, 15) is 13.2 Å². The maximum absolute atomic E-state index is 11.9. The predicted octanol–water partition coefficient (Wildman–Crippen LogP) is 2.95. The van der Waals surface area contributed by atoms with Crippen molar-refractivity contribution in [3.05, 3.63) is 12.4 Å². The Morgan fingerprint density at radius 2 is 2.19 bits per heavy atom. The zero-order chi connectivity index (χ0) is 12.2. The third kappa shape index (κ3) is 5.04. The van der Waals surface area contributed by atoms with Crippen LogP contribution in [-0.2, 0) is 7.05 Å². The van der Waals surface area contributed by atoms with E-state index in [1.807, 2.05) is 6.92 Å². The first-order chi connectivity index (χ1) is 7.37. The van der Waals surface area contributed by atoms with Crippen LogP contribution < -0.4 is 5.32 Å². The van der Waals surface area contributed by atoms with Gasteiger partial charge in [0.1, 0.15) is 0 Å². The van der Waals surface area contributed by atoms with Gasteiger partial charge in [0, 0.05) is 25.7 Å². The maximum atomic E-state index is 11.9. The van der Waals surface area contributed by atoms with Crippen molar-refractivity contribution < 1.29 is 13.2 Å². The van der Waals surface area contributed by atoms with Gasteiger partial charge in [-0.1, -0.05) is 0 Å². The molecule has 0 aromatic carbocycles. The highest BCUT2D eigenvalue weighted by Gasteiger charge is 2.26. The van der Waals surface area contributed by atoms with Crippen molar-refractivity contribution in [2.45, 2.75) is 38.4 Å². The van der Waals surface area contributed by atoms with Gasteiger partial charge in [0.15, 0.2) is 0 Å². The predicted molar refractivity (Wildman–Crippen MR) is 56.2 cm³/mol. The second-order valence-corrected chi connectivity index (χ2v) is 3.96. The van der Waals surface area contributed by atoms with Crippen LogP contribution >= 0.6 is 0 Å². The lowest BCUT2D eigenvalue weighted by atomic mass is 10.1. The number of nitrogens with zero attached hydrogens (tertiary/aromatic N) is 2. The van der Waals surface area contributed by atoms with E-state index >= 15 is 0 Å². The average Bonchev–Trinajstić information content (AvgIpc) is 2.48. The molecule has 1 N–H and O–H groups in total. The van der Waals surface area contributed by atoms with E-state index in [0.717, 1.165) is 5.69 Å². The fourth-order valence-electron chi connectivity index (χ4n) is 1.46. The lowest BCUT2D eigenvalue weighted by Crippen LogP contribution is -2.16. The average molecular weight is 235 g/mol. The van der Waals surface area contributed by atoms with Gasteiger partial charge in [0.25, 0.3) is 0 Å². The monoisotopic (exact) mass is 235 g/mol. The molecule has 1 aromatic heterocycles. The molecule has 3 nitrogen and oxygen atoms in total. The summed E-state index contributed by atoms with van der Waals surface area (Å²) in [7, 11) is 1.79. The number of hydrogen-bond donors (Lipinski definition) is 1. The number of alkyl halides is 3. The second kappa shape index (κ2) is 5.23. The third-order valence-corrected chi connectivity index (χ3v) is 2.22. The van der Waals surface area contributed by atoms with Crippen LogP contribution in [0.15, 0.2) is 12.4 Å². The largest absolute Gasteiger partial charge is 0.389 e. The lowest BCUT2D eigenvalue weighted by Gasteiger charge is -2.14. The summed E-state index contributed by atoms with van der Waals surface area (Å²) in [5.74, 6) is 0. The Morgan fingerprint density at radius 3 is 2.69 bits per heavy atom. The molecule has 0 amide bonds. The van der Waals surface area contributed by atoms with Crippen LogP contribution in [0.2, 0.25) is 0 Å². The molecule has 16 heavy (non-hydrogen) atoms. The van der Waals surface area contributed by atoms with Crippen LogP contribution in [0.25, 0.3) is 0 Å². The van der Waals surface area contributed by atoms with Gasteiger partial charge in [-0.15, -0.1) is 0 Å². The zero-order valence-corrected chi connectivity index (χ0v) is 9.38. The molecule has 0 fully saturated rings. The summed E-state index contributed by atoms with van der Waals surface area (Å²) >= 11 is 0. The molecule has 0 aliphatic heterocycles. The summed E-state index contributed by atoms with van der Waals surface area (Å²) in [6.07, 6.45) is -0.674. The molecule has 0 saturated heterocycles. The number of aromatic nitrogens is 2. The molecule has 1 unspecified atom stereocenters. The topological polar surface area (TPSA) is 29.9 Å². The van der Waals surface area contributed by atoms with Crippen molar-refractivity contribution in [2.75, 3.05) is 5.32 Å². The molecule has 0 spiro atoms. The van der Waals surface area contributed by atoms with Crippen LogP contribution in [0.1, 0.15) is 26.2 Å². The highest BCUT2D eigenvalue weighted by Crippen LogP contribution is 2.23. The molecule has 0 saturated carbocycles. The molecule has 1 heterocycles. The lowest BCUT2D eigenvalue weighted by molar-refractivity contribution is -0.135. The number of hydrogen-bond acceptors (Lipinski definition) is 2. The summed E-state index contributed by atoms with van der Waals surface area (Å²) in [6.45, 7) is 1.86. The molecule has 0 aliphatic rings. The number of anilines is 1. The molecule has 6 heteroatoms. The van der Waals surface area contributed by atoms with Crippen LogP contribution in [0, 0.1) is 0 Å². The second-order valence-electron chi connectivity index (χ2n) is 3.96. The van der Waals surface area contributed by atoms with Crippen LogP contribution in [0.5, 0.6) is 0 Å². The molecule has 0 radical (unpaired) electrons. The molecule has 1 atom stereocenters. The Labute approximate surface area is 92.6 Å². The molecule has 1 aromatic rings. The van der Waals surface area contributed by atoms with Gasteiger partial charge in [-0.2, -0.15) is 18.3 Å². The molecule has 92 valence electrons. The van der Waals surface area contributed by atoms with E-state index in [4.69, 9.17) is 0 Å². The smallest absolute Gasteiger partial charge is 0.380 e. The molecule has 0 bridgehead atoms. The minimum atomic E-state index is -4.05. The van der Waals surface area contributed by atoms with Gasteiger partial charge < -0.3 is 5.32 Å². The van der Waals surface area contributed by atoms with Gasteiger partial charge in [-0.3, -0.25) is 4.68 Å². The first-order valence-corrected chi connectivity index (χ1v) is 5.19. The van der Waals surface area contributed by atoms with E-state index in [0.29, 0.717) is 6.42 Å². The summed E-state index contributed by atoms with van der Waals surface area (Å²) in [5, 5.41) is 7.06. The standard InChI is InChI=1S/C10H16F3N3/c1-8(4-3-5-10(11,12)13)15-9-6-14-16(2)7-9/h6-8,15H,3-5H2,1-2H3. The fraction of sp³-hybridized carbons (Fsp3) is 0.700. The minimum absolute atomic E-state index is 0.0200. The van der Waals surface area contributed by atoms with Crippen LogP contribution in [-0.4, -0.2) is 22.0 Å². The van der Waals surface area contributed by atoms with E-state index in [2.05, 4.69) is 10.4 Å². The van der Waals surface area contributed by atoms with Crippen molar-refractivity contribution in [3.63, 3.8) is 0 Å². The Kier molecular flexibility index (Phi) is 4.20. The number of halogens is 3. The Morgan fingerprint density at radius 1 is 1.50 bits per heavy atom. The van der Waals surface area contributed by atoms with Crippen LogP contribution in [0.4, 0.5) is 18.9 Å². The van der Waals surface area contributed by atoms with Gasteiger partial charge in [-0.05, 0) is 19.8 Å². The zero-order valence-electron chi connectivity index (χ0n) is 9.38. The van der Waals surface area contributed by atoms with E-state index < -0.39 is 12.6 Å². The van der Waals surface area contributed by atoms with Crippen molar-refractivity contribution in [1.82, 2.24) is 9.78 Å². The van der Waals surface area contributed by atoms with Gasteiger partial charge in [0.2, 0.25) is 0 Å². The van der Waals surface area contributed by atoms with Crippen LogP contribution in [0.3, 0.4) is 0 Å². The van der Waals surface area contributed by atoms with E-state index in [-0.39, 0.29) is 12.5 Å². The van der Waals surface area contributed by atoms with Gasteiger partial charge >= 0.3 is 6.18 Å². The maximum Gasteiger partial charge on any atom is 0.389 e. The van der Waals surface area contributed by atoms with Crippen molar-refractivity contribution in [3.8, 4) is 0 Å². The minimum Gasteiger partial charge on any atom is -0.380 e.